The molecular formula is C27H38N2O4. The quantitative estimate of drug-likeness (QED) is 0.645. The number of nitrogens with zero attached hydrogens (tertiary/aromatic N) is 1. The van der Waals surface area contributed by atoms with Crippen molar-refractivity contribution >= 4 is 16.9 Å². The maximum absolute atomic E-state index is 13.0. The highest BCUT2D eigenvalue weighted by molar-refractivity contribution is 6.00. The minimum absolute atomic E-state index is 0.190. The molecule has 1 aliphatic heterocycles. The topological polar surface area (TPSA) is 74.9 Å². The molecule has 3 aliphatic rings. The summed E-state index contributed by atoms with van der Waals surface area (Å²) in [6.45, 7) is 3.33. The van der Waals surface area contributed by atoms with E-state index in [0.717, 1.165) is 54.5 Å². The average molecular weight is 455 g/mol. The summed E-state index contributed by atoms with van der Waals surface area (Å²) in [6.07, 6.45) is 12.0. The Hall–Kier alpha value is -2.05. The second kappa shape index (κ2) is 9.30. The molecule has 2 heterocycles. The normalized spacial score (nSPS) is 23.0. The number of ether oxygens (including phenoxy) is 1. The van der Waals surface area contributed by atoms with E-state index in [1.807, 2.05) is 19.1 Å². The maximum Gasteiger partial charge on any atom is 0.287 e. The molecule has 33 heavy (non-hydrogen) atoms. The Morgan fingerprint density at radius 2 is 1.88 bits per heavy atom. The minimum Gasteiger partial charge on any atom is -0.487 e. The molecule has 1 aromatic heterocycles. The molecule has 1 amide bonds. The molecule has 2 aromatic rings. The van der Waals surface area contributed by atoms with Crippen LogP contribution in [-0.4, -0.2) is 47.7 Å². The zero-order valence-corrected chi connectivity index (χ0v) is 20.1. The van der Waals surface area contributed by atoms with Crippen molar-refractivity contribution in [3.8, 4) is 5.75 Å². The first kappa shape index (κ1) is 22.7. The number of aliphatic hydroxyl groups is 1. The van der Waals surface area contributed by atoms with E-state index in [4.69, 9.17) is 9.15 Å². The lowest BCUT2D eigenvalue weighted by atomic mass is 9.77. The Morgan fingerprint density at radius 1 is 1.15 bits per heavy atom. The van der Waals surface area contributed by atoms with Gasteiger partial charge in [0.05, 0.1) is 6.10 Å². The Bertz CT molecular complexity index is 1000. The van der Waals surface area contributed by atoms with Gasteiger partial charge in [0.1, 0.15) is 16.9 Å². The van der Waals surface area contributed by atoms with Crippen LogP contribution in [0.4, 0.5) is 0 Å². The van der Waals surface area contributed by atoms with Gasteiger partial charge in [-0.3, -0.25) is 4.79 Å². The van der Waals surface area contributed by atoms with Gasteiger partial charge in [0.25, 0.3) is 5.91 Å². The number of fused-ring (bicyclic) bond motifs is 3. The van der Waals surface area contributed by atoms with Gasteiger partial charge in [-0.25, -0.2) is 0 Å². The number of amides is 1. The smallest absolute Gasteiger partial charge is 0.287 e. The molecule has 2 N–H and O–H groups in total. The van der Waals surface area contributed by atoms with Gasteiger partial charge in [0.15, 0.2) is 5.76 Å². The highest BCUT2D eigenvalue weighted by Gasteiger charge is 2.42. The fourth-order valence-corrected chi connectivity index (χ4v) is 6.35. The lowest BCUT2D eigenvalue weighted by Gasteiger charge is -2.43. The van der Waals surface area contributed by atoms with Crippen LogP contribution in [0.3, 0.4) is 0 Å². The summed E-state index contributed by atoms with van der Waals surface area (Å²) in [5.41, 5.74) is 1.95. The predicted octanol–water partition coefficient (Wildman–Crippen LogP) is 5.25. The summed E-state index contributed by atoms with van der Waals surface area (Å²) in [4.78, 5) is 15.3. The number of rotatable bonds is 5. The molecule has 6 nitrogen and oxygen atoms in total. The molecule has 2 aliphatic carbocycles. The number of benzene rings is 1. The molecule has 2 saturated carbocycles. The fraction of sp³-hybridized carbons (Fsp3) is 0.667. The number of aryl methyl sites for hydroxylation is 1. The van der Waals surface area contributed by atoms with Gasteiger partial charge in [0.2, 0.25) is 0 Å². The molecule has 5 rings (SSSR count). The van der Waals surface area contributed by atoms with Crippen LogP contribution in [0.1, 0.15) is 98.4 Å². The predicted molar refractivity (Wildman–Crippen MR) is 129 cm³/mol. The van der Waals surface area contributed by atoms with Crippen LogP contribution in [0, 0.1) is 6.92 Å². The van der Waals surface area contributed by atoms with Crippen LogP contribution in [0.25, 0.3) is 11.0 Å². The number of carbonyl (C=O) groups excluding carboxylic acids is 1. The van der Waals surface area contributed by atoms with Gasteiger partial charge < -0.3 is 24.5 Å². The van der Waals surface area contributed by atoms with Crippen molar-refractivity contribution in [1.82, 2.24) is 10.2 Å². The minimum atomic E-state index is -0.605. The molecule has 0 bridgehead atoms. The van der Waals surface area contributed by atoms with Gasteiger partial charge in [-0.1, -0.05) is 25.7 Å². The summed E-state index contributed by atoms with van der Waals surface area (Å²) < 4.78 is 12.5. The molecule has 0 saturated heterocycles. The summed E-state index contributed by atoms with van der Waals surface area (Å²) in [6, 6.07) is 4.41. The SMILES string of the molecule is Cc1c(C(=O)NCCN(C)C2CCCCC2)oc2ccc3c(c12)C(O)CC1(CCCCC1)O3. The Kier molecular flexibility index (Phi) is 6.41. The van der Waals surface area contributed by atoms with Gasteiger partial charge in [0, 0.05) is 42.1 Å². The summed E-state index contributed by atoms with van der Waals surface area (Å²) >= 11 is 0. The fourth-order valence-electron chi connectivity index (χ4n) is 6.35. The molecule has 1 unspecified atom stereocenters. The van der Waals surface area contributed by atoms with Crippen molar-refractivity contribution in [2.45, 2.75) is 95.3 Å². The van der Waals surface area contributed by atoms with E-state index in [1.54, 1.807) is 0 Å². The number of hydrogen-bond acceptors (Lipinski definition) is 5. The van der Waals surface area contributed by atoms with E-state index < -0.39 is 6.10 Å². The van der Waals surface area contributed by atoms with Gasteiger partial charge in [-0.2, -0.15) is 0 Å². The third-order valence-corrected chi connectivity index (χ3v) is 8.24. The molecule has 2 fully saturated rings. The first-order chi connectivity index (χ1) is 16.0. The highest BCUT2D eigenvalue weighted by atomic mass is 16.5. The van der Waals surface area contributed by atoms with Crippen molar-refractivity contribution in [1.29, 1.82) is 0 Å². The molecular weight excluding hydrogens is 416 g/mol. The first-order valence-electron chi connectivity index (χ1n) is 12.9. The second-order valence-electron chi connectivity index (χ2n) is 10.5. The van der Waals surface area contributed by atoms with Crippen LogP contribution in [0.2, 0.25) is 0 Å². The van der Waals surface area contributed by atoms with Crippen molar-refractivity contribution in [3.05, 3.63) is 29.0 Å². The largest absolute Gasteiger partial charge is 0.487 e. The number of carbonyl (C=O) groups is 1. The Balaban J connectivity index is 1.31. The van der Waals surface area contributed by atoms with Crippen LogP contribution in [0.5, 0.6) is 5.75 Å². The summed E-state index contributed by atoms with van der Waals surface area (Å²) in [5.74, 6) is 0.890. The summed E-state index contributed by atoms with van der Waals surface area (Å²) in [7, 11) is 2.15. The van der Waals surface area contributed by atoms with Crippen molar-refractivity contribution in [2.24, 2.45) is 0 Å². The molecule has 0 radical (unpaired) electrons. The number of aliphatic hydroxyl groups excluding tert-OH is 1. The average Bonchev–Trinajstić information content (AvgIpc) is 3.16. The molecule has 6 heteroatoms. The first-order valence-corrected chi connectivity index (χ1v) is 12.9. The number of hydrogen-bond donors (Lipinski definition) is 2. The third kappa shape index (κ3) is 4.40. The second-order valence-corrected chi connectivity index (χ2v) is 10.5. The lowest BCUT2D eigenvalue weighted by molar-refractivity contribution is -0.0373. The van der Waals surface area contributed by atoms with E-state index in [-0.39, 0.29) is 11.5 Å². The van der Waals surface area contributed by atoms with Gasteiger partial charge >= 0.3 is 0 Å². The Labute approximate surface area is 196 Å². The zero-order chi connectivity index (χ0) is 23.0. The highest BCUT2D eigenvalue weighted by Crippen LogP contribution is 2.49. The third-order valence-electron chi connectivity index (χ3n) is 8.24. The maximum atomic E-state index is 13.0. The van der Waals surface area contributed by atoms with Crippen molar-refractivity contribution in [2.75, 3.05) is 20.1 Å². The van der Waals surface area contributed by atoms with Gasteiger partial charge in [-0.05, 0) is 64.6 Å². The lowest BCUT2D eigenvalue weighted by Crippen LogP contribution is -2.42. The number of nitrogens with one attached hydrogen (secondary N) is 1. The Morgan fingerprint density at radius 3 is 2.64 bits per heavy atom. The van der Waals surface area contributed by atoms with Crippen LogP contribution >= 0.6 is 0 Å². The van der Waals surface area contributed by atoms with E-state index in [9.17, 15) is 9.90 Å². The molecule has 1 atom stereocenters. The molecule has 1 spiro atoms. The van der Waals surface area contributed by atoms with Crippen LogP contribution < -0.4 is 10.1 Å². The van der Waals surface area contributed by atoms with Crippen molar-refractivity contribution < 1.29 is 19.1 Å². The van der Waals surface area contributed by atoms with E-state index in [0.29, 0.717) is 30.4 Å². The monoisotopic (exact) mass is 454 g/mol. The number of furan rings is 1. The number of likely N-dealkylation sites (N-methyl/N-ethyl adjacent to an activating group) is 1. The molecule has 1 aromatic carbocycles. The summed E-state index contributed by atoms with van der Waals surface area (Å²) in [5, 5.41) is 15.0. The molecule has 180 valence electrons. The van der Waals surface area contributed by atoms with E-state index >= 15 is 0 Å². The zero-order valence-electron chi connectivity index (χ0n) is 20.1. The van der Waals surface area contributed by atoms with Crippen LogP contribution in [-0.2, 0) is 0 Å². The van der Waals surface area contributed by atoms with E-state index in [2.05, 4.69) is 17.3 Å². The van der Waals surface area contributed by atoms with Gasteiger partial charge in [-0.15, -0.1) is 0 Å². The van der Waals surface area contributed by atoms with Crippen LogP contribution in [0.15, 0.2) is 16.5 Å². The van der Waals surface area contributed by atoms with Crippen molar-refractivity contribution in [3.63, 3.8) is 0 Å². The standard InChI is InChI=1S/C27H38N2O4/c1-18-23-21(11-12-22-24(23)20(30)17-27(33-22)13-7-4-8-14-27)32-25(18)26(31)28-15-16-29(2)19-9-5-3-6-10-19/h11-12,19-20,30H,3-10,13-17H2,1-2H3,(H,28,31). The van der Waals surface area contributed by atoms with E-state index in [1.165, 1.54) is 38.5 Å².